The molecule has 1 aromatic heterocycles. The van der Waals surface area contributed by atoms with Crippen molar-refractivity contribution in [3.63, 3.8) is 0 Å². The molecule has 0 aliphatic carbocycles. The minimum absolute atomic E-state index is 0.149. The van der Waals surface area contributed by atoms with E-state index in [1.807, 2.05) is 24.3 Å². The number of aryl methyl sites for hydroxylation is 1. The summed E-state index contributed by atoms with van der Waals surface area (Å²) in [6.07, 6.45) is 1.93. The number of aromatic nitrogens is 1. The Hall–Kier alpha value is -1.77. The minimum Gasteiger partial charge on any atom is -0.361 e. The molecule has 2 N–H and O–H groups in total. The quantitative estimate of drug-likeness (QED) is 0.787. The molecular formula is C12H14N2O. The first-order valence-electron chi connectivity index (χ1n) is 5.82. The topological polar surface area (TPSA) is 44.9 Å². The summed E-state index contributed by atoms with van der Waals surface area (Å²) >= 11 is 0. The fourth-order valence-corrected chi connectivity index (χ4v) is 1.54. The van der Waals surface area contributed by atoms with Crippen LogP contribution in [0.4, 0.5) is 0 Å². The van der Waals surface area contributed by atoms with Crippen molar-refractivity contribution >= 4 is 16.8 Å². The second kappa shape index (κ2) is 4.17. The SMILES string of the molecule is [2H]C([2H])(Cc1c[nH]c2ccccc12)NC(C)=O. The van der Waals surface area contributed by atoms with Crippen LogP contribution in [-0.2, 0) is 11.2 Å². The van der Waals surface area contributed by atoms with Crippen molar-refractivity contribution in [3.05, 3.63) is 36.0 Å². The summed E-state index contributed by atoms with van der Waals surface area (Å²) in [4.78, 5) is 14.0. The molecule has 15 heavy (non-hydrogen) atoms. The predicted molar refractivity (Wildman–Crippen MR) is 60.7 cm³/mol. The standard InChI is InChI=1S/C12H14N2O/c1-9(15)13-7-6-10-8-14-12-5-3-2-4-11(10)12/h2-5,8,14H,6-7H2,1H3,(H,13,15)/i7D2. The van der Waals surface area contributed by atoms with Crippen molar-refractivity contribution in [2.75, 3.05) is 6.50 Å². The molecule has 0 spiro atoms. The van der Waals surface area contributed by atoms with Crippen LogP contribution in [0.5, 0.6) is 0 Å². The Morgan fingerprint density at radius 1 is 1.53 bits per heavy atom. The fraction of sp³-hybridized carbons (Fsp3) is 0.250. The van der Waals surface area contributed by atoms with Crippen LogP contribution in [0.2, 0.25) is 0 Å². The highest BCUT2D eigenvalue weighted by atomic mass is 16.1. The molecule has 0 radical (unpaired) electrons. The van der Waals surface area contributed by atoms with Gasteiger partial charge in [0.05, 0.1) is 0 Å². The number of H-pyrrole nitrogens is 1. The van der Waals surface area contributed by atoms with Gasteiger partial charge in [0.2, 0.25) is 5.91 Å². The van der Waals surface area contributed by atoms with Gasteiger partial charge >= 0.3 is 0 Å². The maximum atomic E-state index is 10.9. The molecule has 0 saturated heterocycles. The van der Waals surface area contributed by atoms with E-state index in [0.717, 1.165) is 16.5 Å². The van der Waals surface area contributed by atoms with Crippen molar-refractivity contribution in [1.29, 1.82) is 0 Å². The van der Waals surface area contributed by atoms with Crippen LogP contribution < -0.4 is 5.32 Å². The van der Waals surface area contributed by atoms with Gasteiger partial charge in [-0.1, -0.05) is 18.2 Å². The lowest BCUT2D eigenvalue weighted by Gasteiger charge is -2.00. The van der Waals surface area contributed by atoms with E-state index in [0.29, 0.717) is 0 Å². The van der Waals surface area contributed by atoms with Crippen LogP contribution in [-0.4, -0.2) is 17.4 Å². The lowest BCUT2D eigenvalue weighted by Crippen LogP contribution is -2.22. The Morgan fingerprint density at radius 3 is 3.13 bits per heavy atom. The number of nitrogens with one attached hydrogen (secondary N) is 2. The van der Waals surface area contributed by atoms with Crippen molar-refractivity contribution < 1.29 is 7.54 Å². The average molecular weight is 204 g/mol. The molecule has 3 nitrogen and oxygen atoms in total. The van der Waals surface area contributed by atoms with Gasteiger partial charge in [-0.15, -0.1) is 0 Å². The van der Waals surface area contributed by atoms with E-state index in [9.17, 15) is 4.79 Å². The summed E-state index contributed by atoms with van der Waals surface area (Å²) in [5.41, 5.74) is 1.83. The number of rotatable bonds is 3. The molecule has 78 valence electrons. The first kappa shape index (κ1) is 7.51. The van der Waals surface area contributed by atoms with E-state index >= 15 is 0 Å². The zero-order valence-corrected chi connectivity index (χ0v) is 8.50. The number of carbonyl (C=O) groups excluding carboxylic acids is 1. The van der Waals surface area contributed by atoms with Crippen LogP contribution in [0.3, 0.4) is 0 Å². The molecule has 1 aromatic carbocycles. The third-order valence-corrected chi connectivity index (χ3v) is 2.22. The number of benzene rings is 1. The Bertz CT molecular complexity index is 548. The van der Waals surface area contributed by atoms with Crippen molar-refractivity contribution in [2.24, 2.45) is 0 Å². The number of carbonyl (C=O) groups is 1. The van der Waals surface area contributed by atoms with Gasteiger partial charge in [-0.2, -0.15) is 0 Å². The molecule has 0 fully saturated rings. The largest absolute Gasteiger partial charge is 0.361 e. The third-order valence-electron chi connectivity index (χ3n) is 2.22. The average Bonchev–Trinajstić information content (AvgIpc) is 2.59. The summed E-state index contributed by atoms with van der Waals surface area (Å²) in [6.45, 7) is -0.413. The molecule has 2 aromatic rings. The first-order valence-corrected chi connectivity index (χ1v) is 4.82. The number of hydrogen-bond acceptors (Lipinski definition) is 1. The van der Waals surface area contributed by atoms with Crippen molar-refractivity contribution in [1.82, 2.24) is 10.3 Å². The van der Waals surface area contributed by atoms with Crippen molar-refractivity contribution in [3.8, 4) is 0 Å². The van der Waals surface area contributed by atoms with E-state index < -0.39 is 6.50 Å². The third kappa shape index (κ3) is 2.18. The molecule has 0 aliphatic heterocycles. The molecule has 1 amide bonds. The smallest absolute Gasteiger partial charge is 0.216 e. The highest BCUT2D eigenvalue weighted by Crippen LogP contribution is 2.17. The zero-order chi connectivity index (χ0) is 12.5. The lowest BCUT2D eigenvalue weighted by molar-refractivity contribution is -0.118. The minimum atomic E-state index is -1.73. The second-order valence-electron chi connectivity index (χ2n) is 3.39. The van der Waals surface area contributed by atoms with Gasteiger partial charge in [0.1, 0.15) is 0 Å². The summed E-state index contributed by atoms with van der Waals surface area (Å²) < 4.78 is 15.5. The van der Waals surface area contributed by atoms with Gasteiger partial charge in [0.15, 0.2) is 0 Å². The maximum Gasteiger partial charge on any atom is 0.216 e. The Labute approximate surface area is 91.3 Å². The monoisotopic (exact) mass is 204 g/mol. The van der Waals surface area contributed by atoms with E-state index in [4.69, 9.17) is 2.74 Å². The summed E-state index contributed by atoms with van der Waals surface area (Å²) in [6, 6.07) is 7.70. The molecule has 0 atom stereocenters. The number of para-hydroxylation sites is 1. The number of aromatic amines is 1. The molecule has 0 saturated carbocycles. The molecular weight excluding hydrogens is 188 g/mol. The van der Waals surface area contributed by atoms with Gasteiger partial charge in [0, 0.05) is 33.3 Å². The Morgan fingerprint density at radius 2 is 2.33 bits per heavy atom. The van der Waals surface area contributed by atoms with E-state index in [1.54, 1.807) is 6.20 Å². The molecule has 1 heterocycles. The van der Waals surface area contributed by atoms with Gasteiger partial charge in [0.25, 0.3) is 0 Å². The lowest BCUT2D eigenvalue weighted by atomic mass is 10.1. The molecule has 0 bridgehead atoms. The summed E-state index contributed by atoms with van der Waals surface area (Å²) in [5, 5.41) is 3.29. The van der Waals surface area contributed by atoms with Gasteiger partial charge in [-0.25, -0.2) is 0 Å². The number of fused-ring (bicyclic) bond motifs is 1. The van der Waals surface area contributed by atoms with Crippen molar-refractivity contribution in [2.45, 2.75) is 13.3 Å². The zero-order valence-electron chi connectivity index (χ0n) is 10.5. The van der Waals surface area contributed by atoms with E-state index in [-0.39, 0.29) is 12.3 Å². The van der Waals surface area contributed by atoms with E-state index in [1.165, 1.54) is 6.92 Å². The molecule has 0 aliphatic rings. The molecule has 0 unspecified atom stereocenters. The predicted octanol–water partition coefficient (Wildman–Crippen LogP) is 1.85. The highest BCUT2D eigenvalue weighted by molar-refractivity contribution is 5.83. The van der Waals surface area contributed by atoms with E-state index in [2.05, 4.69) is 10.3 Å². The van der Waals surface area contributed by atoms with Crippen LogP contribution in [0.15, 0.2) is 30.5 Å². The van der Waals surface area contributed by atoms with Crippen LogP contribution in [0.1, 0.15) is 15.2 Å². The van der Waals surface area contributed by atoms with Crippen LogP contribution in [0.25, 0.3) is 10.9 Å². The normalized spacial score (nSPS) is 13.4. The first-order chi connectivity index (χ1) is 7.98. The van der Waals surface area contributed by atoms with Crippen LogP contribution >= 0.6 is 0 Å². The second-order valence-corrected chi connectivity index (χ2v) is 3.39. The highest BCUT2D eigenvalue weighted by Gasteiger charge is 2.02. The Balaban J connectivity index is 2.26. The number of amides is 1. The van der Waals surface area contributed by atoms with Gasteiger partial charge in [-0.3, -0.25) is 4.79 Å². The van der Waals surface area contributed by atoms with Gasteiger partial charge < -0.3 is 10.3 Å². The van der Waals surface area contributed by atoms with Gasteiger partial charge in [-0.05, 0) is 18.1 Å². The molecule has 3 heteroatoms. The molecule has 2 rings (SSSR count). The van der Waals surface area contributed by atoms with Crippen LogP contribution in [0, 0.1) is 0 Å². The Kier molecular flexibility index (Phi) is 2.09. The maximum absolute atomic E-state index is 10.9. The fourth-order valence-electron chi connectivity index (χ4n) is 1.54. The summed E-state index contributed by atoms with van der Waals surface area (Å²) in [5.74, 6) is -0.366. The number of hydrogen-bond donors (Lipinski definition) is 2. The summed E-state index contributed by atoms with van der Waals surface area (Å²) in [7, 11) is 0.